The summed E-state index contributed by atoms with van der Waals surface area (Å²) in [4.78, 5) is 6.97. The van der Waals surface area contributed by atoms with Gasteiger partial charge in [0.25, 0.3) is 0 Å². The minimum absolute atomic E-state index is 0. The normalized spacial score (nSPS) is 16.2. The average molecular weight is 528 g/mol. The molecule has 166 valence electrons. The molecular formula is C21H33IN6O2. The maximum absolute atomic E-state index is 5.74. The summed E-state index contributed by atoms with van der Waals surface area (Å²) in [6.07, 6.45) is 5.06. The van der Waals surface area contributed by atoms with Crippen LogP contribution in [0.15, 0.2) is 35.6 Å². The fourth-order valence-corrected chi connectivity index (χ4v) is 3.48. The minimum Gasteiger partial charge on any atom is -0.496 e. The lowest BCUT2D eigenvalue weighted by Gasteiger charge is -2.24. The highest BCUT2D eigenvalue weighted by molar-refractivity contribution is 14.0. The van der Waals surface area contributed by atoms with Gasteiger partial charge >= 0.3 is 0 Å². The number of aryl methyl sites for hydroxylation is 1. The molecule has 2 aromatic rings. The molecule has 8 nitrogen and oxygen atoms in total. The molecule has 1 aromatic heterocycles. The van der Waals surface area contributed by atoms with Crippen LogP contribution in [-0.2, 0) is 24.2 Å². The number of ether oxygens (including phenoxy) is 2. The van der Waals surface area contributed by atoms with E-state index in [2.05, 4.69) is 38.0 Å². The standard InChI is InChI=1S/C21H32N6O2.HI/c1-4-20-25-24-16-27(20)12-11-22-21(23-14-18-9-7-13-29-18)26(2)15-17-8-5-6-10-19(17)28-3;/h5-6,8,10,16,18H,4,7,9,11-15H2,1-3H3,(H,22,23);1H. The SMILES string of the molecule is CCc1nncn1CCNC(=NCC1CCCO1)N(C)Cc1ccccc1OC.I. The third kappa shape index (κ3) is 6.83. The monoisotopic (exact) mass is 528 g/mol. The summed E-state index contributed by atoms with van der Waals surface area (Å²) in [5.41, 5.74) is 1.12. The largest absolute Gasteiger partial charge is 0.496 e. The molecule has 0 aliphatic carbocycles. The van der Waals surface area contributed by atoms with Crippen molar-refractivity contribution < 1.29 is 9.47 Å². The first-order chi connectivity index (χ1) is 14.2. The average Bonchev–Trinajstić information content (AvgIpc) is 3.42. The highest BCUT2D eigenvalue weighted by Gasteiger charge is 2.16. The lowest BCUT2D eigenvalue weighted by Crippen LogP contribution is -2.40. The van der Waals surface area contributed by atoms with Gasteiger partial charge < -0.3 is 24.3 Å². The predicted molar refractivity (Wildman–Crippen MR) is 129 cm³/mol. The van der Waals surface area contributed by atoms with Gasteiger partial charge in [0.05, 0.1) is 19.8 Å². The number of guanidine groups is 1. The number of halogens is 1. The third-order valence-electron chi connectivity index (χ3n) is 5.08. The van der Waals surface area contributed by atoms with E-state index in [1.54, 1.807) is 13.4 Å². The minimum atomic E-state index is 0. The second-order valence-corrected chi connectivity index (χ2v) is 7.19. The molecule has 0 saturated carbocycles. The second kappa shape index (κ2) is 12.7. The van der Waals surface area contributed by atoms with E-state index < -0.39 is 0 Å². The Hall–Kier alpha value is -1.88. The topological polar surface area (TPSA) is 76.8 Å². The number of hydrogen-bond acceptors (Lipinski definition) is 5. The summed E-state index contributed by atoms with van der Waals surface area (Å²) in [5.74, 6) is 2.74. The van der Waals surface area contributed by atoms with Crippen LogP contribution in [0.2, 0.25) is 0 Å². The van der Waals surface area contributed by atoms with Crippen LogP contribution in [0.1, 0.15) is 31.2 Å². The summed E-state index contributed by atoms with van der Waals surface area (Å²) >= 11 is 0. The van der Waals surface area contributed by atoms with E-state index in [9.17, 15) is 0 Å². The molecule has 1 aliphatic heterocycles. The van der Waals surface area contributed by atoms with Gasteiger partial charge in [0.15, 0.2) is 5.96 Å². The second-order valence-electron chi connectivity index (χ2n) is 7.19. The Balaban J connectivity index is 0.00000320. The molecule has 1 aromatic carbocycles. The molecular weight excluding hydrogens is 495 g/mol. The van der Waals surface area contributed by atoms with Gasteiger partial charge in [-0.1, -0.05) is 25.1 Å². The molecule has 1 atom stereocenters. The van der Waals surface area contributed by atoms with Gasteiger partial charge in [-0.3, -0.25) is 4.99 Å². The van der Waals surface area contributed by atoms with Crippen molar-refractivity contribution in [3.8, 4) is 5.75 Å². The van der Waals surface area contributed by atoms with Crippen LogP contribution < -0.4 is 10.1 Å². The first-order valence-electron chi connectivity index (χ1n) is 10.3. The number of aromatic nitrogens is 3. The van der Waals surface area contributed by atoms with Crippen LogP contribution in [0.25, 0.3) is 0 Å². The third-order valence-corrected chi connectivity index (χ3v) is 5.08. The van der Waals surface area contributed by atoms with Crippen LogP contribution in [-0.4, -0.2) is 65.6 Å². The number of nitrogens with zero attached hydrogens (tertiary/aromatic N) is 5. The smallest absolute Gasteiger partial charge is 0.194 e. The quantitative estimate of drug-likeness (QED) is 0.307. The van der Waals surface area contributed by atoms with Crippen molar-refractivity contribution in [1.82, 2.24) is 25.0 Å². The molecule has 2 heterocycles. The van der Waals surface area contributed by atoms with E-state index in [0.29, 0.717) is 13.1 Å². The Morgan fingerprint density at radius 2 is 2.23 bits per heavy atom. The summed E-state index contributed by atoms with van der Waals surface area (Å²) in [6, 6.07) is 8.08. The number of para-hydroxylation sites is 1. The van der Waals surface area contributed by atoms with Gasteiger partial charge in [-0.2, -0.15) is 0 Å². The molecule has 0 radical (unpaired) electrons. The van der Waals surface area contributed by atoms with Crippen LogP contribution in [0.5, 0.6) is 5.75 Å². The zero-order valence-electron chi connectivity index (χ0n) is 18.1. The van der Waals surface area contributed by atoms with Crippen LogP contribution in [0, 0.1) is 0 Å². The van der Waals surface area contributed by atoms with E-state index in [-0.39, 0.29) is 30.1 Å². The highest BCUT2D eigenvalue weighted by atomic mass is 127. The maximum Gasteiger partial charge on any atom is 0.194 e. The molecule has 0 amide bonds. The summed E-state index contributed by atoms with van der Waals surface area (Å²) < 4.78 is 13.3. The van der Waals surface area contributed by atoms with E-state index in [1.807, 2.05) is 25.2 Å². The molecule has 3 rings (SSSR count). The van der Waals surface area contributed by atoms with E-state index >= 15 is 0 Å². The Morgan fingerprint density at radius 1 is 1.40 bits per heavy atom. The highest BCUT2D eigenvalue weighted by Crippen LogP contribution is 2.19. The van der Waals surface area contributed by atoms with Gasteiger partial charge in [0.1, 0.15) is 17.9 Å². The maximum atomic E-state index is 5.74. The number of aliphatic imine (C=N–C) groups is 1. The molecule has 9 heteroatoms. The Kier molecular flexibility index (Phi) is 10.4. The number of methoxy groups -OCH3 is 1. The zero-order chi connectivity index (χ0) is 20.5. The van der Waals surface area contributed by atoms with Crippen LogP contribution in [0.4, 0.5) is 0 Å². The first-order valence-corrected chi connectivity index (χ1v) is 10.3. The molecule has 1 aliphatic rings. The fourth-order valence-electron chi connectivity index (χ4n) is 3.48. The van der Waals surface area contributed by atoms with Crippen LogP contribution in [0.3, 0.4) is 0 Å². The lowest BCUT2D eigenvalue weighted by molar-refractivity contribution is 0.117. The zero-order valence-corrected chi connectivity index (χ0v) is 20.4. The van der Waals surface area contributed by atoms with Crippen molar-refractivity contribution in [2.24, 2.45) is 4.99 Å². The summed E-state index contributed by atoms with van der Waals surface area (Å²) in [7, 11) is 3.75. The number of nitrogens with one attached hydrogen (secondary N) is 1. The van der Waals surface area contributed by atoms with Gasteiger partial charge in [-0.25, -0.2) is 0 Å². The van der Waals surface area contributed by atoms with Crippen molar-refractivity contribution in [1.29, 1.82) is 0 Å². The van der Waals surface area contributed by atoms with Gasteiger partial charge in [-0.05, 0) is 18.9 Å². The molecule has 1 saturated heterocycles. The summed E-state index contributed by atoms with van der Waals surface area (Å²) in [5, 5.41) is 11.6. The van der Waals surface area contributed by atoms with Crippen molar-refractivity contribution in [3.63, 3.8) is 0 Å². The van der Waals surface area contributed by atoms with Gasteiger partial charge in [0, 0.05) is 45.3 Å². The molecule has 1 fully saturated rings. The van der Waals surface area contributed by atoms with E-state index in [4.69, 9.17) is 14.5 Å². The fraction of sp³-hybridized carbons (Fsp3) is 0.571. The van der Waals surface area contributed by atoms with Gasteiger partial charge in [-0.15, -0.1) is 34.2 Å². The van der Waals surface area contributed by atoms with E-state index in [1.165, 1.54) is 0 Å². The molecule has 1 unspecified atom stereocenters. The Labute approximate surface area is 196 Å². The molecule has 0 bridgehead atoms. The van der Waals surface area contributed by atoms with Crippen LogP contribution >= 0.6 is 24.0 Å². The Bertz CT molecular complexity index is 791. The molecule has 1 N–H and O–H groups in total. The van der Waals surface area contributed by atoms with Crippen molar-refractivity contribution >= 4 is 29.9 Å². The summed E-state index contributed by atoms with van der Waals surface area (Å²) in [6.45, 7) is 5.83. The van der Waals surface area contributed by atoms with E-state index in [0.717, 1.165) is 62.1 Å². The molecule has 30 heavy (non-hydrogen) atoms. The number of rotatable bonds is 9. The Morgan fingerprint density at radius 3 is 2.97 bits per heavy atom. The van der Waals surface area contributed by atoms with Gasteiger partial charge in [0.2, 0.25) is 0 Å². The predicted octanol–water partition coefficient (Wildman–Crippen LogP) is 2.72. The molecule has 0 spiro atoms. The van der Waals surface area contributed by atoms with Crippen molar-refractivity contribution in [2.75, 3.05) is 33.9 Å². The number of benzene rings is 1. The lowest BCUT2D eigenvalue weighted by atomic mass is 10.2. The van der Waals surface area contributed by atoms with Crippen molar-refractivity contribution in [2.45, 2.75) is 45.4 Å². The first kappa shape index (κ1) is 24.4. The number of hydrogen-bond donors (Lipinski definition) is 1. The van der Waals surface area contributed by atoms with Crippen molar-refractivity contribution in [3.05, 3.63) is 42.0 Å².